The molecule has 6 heteroatoms. The second-order valence-corrected chi connectivity index (χ2v) is 4.12. The molecule has 0 heterocycles. The molecule has 0 aliphatic heterocycles. The molecule has 0 rings (SSSR count). The molecular weight excluding hydrogens is 225 g/mol. The van der Waals surface area contributed by atoms with Crippen LogP contribution in [0.1, 0.15) is 25.7 Å². The van der Waals surface area contributed by atoms with Crippen LogP contribution in [0.4, 0.5) is 13.2 Å². The number of thiocarbonyl (C=S) groups is 1. The molecule has 2 nitrogen and oxygen atoms in total. The highest BCUT2D eigenvalue weighted by molar-refractivity contribution is 7.80. The van der Waals surface area contributed by atoms with Crippen molar-refractivity contribution in [2.45, 2.75) is 31.9 Å². The Morgan fingerprint density at radius 2 is 1.87 bits per heavy atom. The van der Waals surface area contributed by atoms with Gasteiger partial charge in [0.05, 0.1) is 11.4 Å². The Morgan fingerprint density at radius 3 is 2.33 bits per heavy atom. The molecule has 0 aromatic rings. The monoisotopic (exact) mass is 242 g/mol. The highest BCUT2D eigenvalue weighted by atomic mass is 32.1. The molecule has 0 saturated carbocycles. The van der Waals surface area contributed by atoms with E-state index >= 15 is 0 Å². The highest BCUT2D eigenvalue weighted by Crippen LogP contribution is 2.19. The summed E-state index contributed by atoms with van der Waals surface area (Å²) in [6.07, 6.45) is -2.48. The molecule has 90 valence electrons. The molecule has 0 bridgehead atoms. The van der Waals surface area contributed by atoms with Crippen molar-refractivity contribution in [2.24, 2.45) is 5.73 Å². The first-order chi connectivity index (χ1) is 6.81. The Labute approximate surface area is 93.6 Å². The minimum Gasteiger partial charge on any atom is -0.393 e. The first-order valence-electron chi connectivity index (χ1n) is 4.85. The van der Waals surface area contributed by atoms with Crippen LogP contribution < -0.4 is 5.73 Å². The Balaban J connectivity index is 3.41. The summed E-state index contributed by atoms with van der Waals surface area (Å²) in [5.74, 6) is 0. The van der Waals surface area contributed by atoms with Crippen LogP contribution in [0, 0.1) is 0 Å². The zero-order chi connectivity index (χ0) is 11.9. The van der Waals surface area contributed by atoms with E-state index in [4.69, 9.17) is 18.0 Å². The fraction of sp³-hybridized carbons (Fsp3) is 0.889. The average molecular weight is 242 g/mol. The van der Waals surface area contributed by atoms with Gasteiger partial charge < -0.3 is 10.6 Å². The van der Waals surface area contributed by atoms with E-state index in [0.29, 0.717) is 18.0 Å². The summed E-state index contributed by atoms with van der Waals surface area (Å²) in [4.78, 5) is 2.14. The molecule has 2 N–H and O–H groups in total. The van der Waals surface area contributed by atoms with Gasteiger partial charge in [-0.25, -0.2) is 0 Å². The van der Waals surface area contributed by atoms with Crippen LogP contribution >= 0.6 is 12.2 Å². The second kappa shape index (κ2) is 7.00. The largest absolute Gasteiger partial charge is 0.393 e. The third-order valence-electron chi connectivity index (χ3n) is 1.99. The summed E-state index contributed by atoms with van der Waals surface area (Å²) in [5, 5.41) is 0. The number of rotatable bonds is 7. The lowest BCUT2D eigenvalue weighted by Gasteiger charge is -2.17. The lowest BCUT2D eigenvalue weighted by Crippen LogP contribution is -2.25. The van der Waals surface area contributed by atoms with Crippen molar-refractivity contribution >= 4 is 17.2 Å². The van der Waals surface area contributed by atoms with E-state index < -0.39 is 12.6 Å². The van der Waals surface area contributed by atoms with Crippen molar-refractivity contribution in [3.8, 4) is 0 Å². The minimum atomic E-state index is -4.06. The van der Waals surface area contributed by atoms with Crippen LogP contribution in [0.2, 0.25) is 0 Å². The van der Waals surface area contributed by atoms with Gasteiger partial charge in [0.2, 0.25) is 0 Å². The van der Waals surface area contributed by atoms with E-state index in [1.54, 1.807) is 11.9 Å². The SMILES string of the molecule is CN(CCCCC(N)=S)CCC(F)(F)F. The molecule has 0 atom stereocenters. The molecule has 0 aromatic carbocycles. The van der Waals surface area contributed by atoms with Crippen molar-refractivity contribution in [1.29, 1.82) is 0 Å². The van der Waals surface area contributed by atoms with E-state index in [2.05, 4.69) is 0 Å². The number of hydrogen-bond acceptors (Lipinski definition) is 2. The van der Waals surface area contributed by atoms with E-state index in [1.165, 1.54) is 0 Å². The maximum atomic E-state index is 11.8. The van der Waals surface area contributed by atoms with Crippen molar-refractivity contribution in [2.75, 3.05) is 20.1 Å². The number of nitrogens with zero attached hydrogens (tertiary/aromatic N) is 1. The lowest BCUT2D eigenvalue weighted by atomic mass is 10.2. The van der Waals surface area contributed by atoms with Gasteiger partial charge in [-0.15, -0.1) is 0 Å². The van der Waals surface area contributed by atoms with Gasteiger partial charge in [-0.1, -0.05) is 12.2 Å². The maximum absolute atomic E-state index is 11.8. The van der Waals surface area contributed by atoms with Gasteiger partial charge in [-0.3, -0.25) is 0 Å². The molecule has 0 saturated heterocycles. The van der Waals surface area contributed by atoms with Crippen LogP contribution in [0.3, 0.4) is 0 Å². The number of unbranched alkanes of at least 4 members (excludes halogenated alkanes) is 1. The Morgan fingerprint density at radius 1 is 1.27 bits per heavy atom. The maximum Gasteiger partial charge on any atom is 0.390 e. The summed E-state index contributed by atoms with van der Waals surface area (Å²) in [6.45, 7) is 0.704. The fourth-order valence-electron chi connectivity index (χ4n) is 1.11. The molecule has 0 aromatic heterocycles. The number of nitrogens with two attached hydrogens (primary N) is 1. The number of alkyl halides is 3. The molecule has 0 aliphatic rings. The van der Waals surface area contributed by atoms with Crippen molar-refractivity contribution < 1.29 is 13.2 Å². The third kappa shape index (κ3) is 11.6. The molecule has 0 amide bonds. The van der Waals surface area contributed by atoms with Crippen LogP contribution in [0.5, 0.6) is 0 Å². The molecular formula is C9H17F3N2S. The van der Waals surface area contributed by atoms with E-state index in [0.717, 1.165) is 12.8 Å². The normalized spacial score (nSPS) is 12.1. The van der Waals surface area contributed by atoms with Crippen LogP contribution in [0.15, 0.2) is 0 Å². The summed E-state index contributed by atoms with van der Waals surface area (Å²) >= 11 is 4.69. The number of hydrogen-bond donors (Lipinski definition) is 1. The third-order valence-corrected chi connectivity index (χ3v) is 2.19. The highest BCUT2D eigenvalue weighted by Gasteiger charge is 2.26. The molecule has 0 unspecified atom stereocenters. The van der Waals surface area contributed by atoms with Gasteiger partial charge >= 0.3 is 6.18 Å². The zero-order valence-electron chi connectivity index (χ0n) is 8.81. The van der Waals surface area contributed by atoms with Crippen LogP contribution in [0.25, 0.3) is 0 Å². The van der Waals surface area contributed by atoms with E-state index in [1.807, 2.05) is 0 Å². The predicted octanol–water partition coefficient (Wildman–Crippen LogP) is 2.33. The van der Waals surface area contributed by atoms with Gasteiger partial charge in [0.1, 0.15) is 0 Å². The Kier molecular flexibility index (Phi) is 6.84. The van der Waals surface area contributed by atoms with Gasteiger partial charge in [0.15, 0.2) is 0 Å². The van der Waals surface area contributed by atoms with E-state index in [-0.39, 0.29) is 6.54 Å². The summed E-state index contributed by atoms with van der Waals surface area (Å²) in [5.41, 5.74) is 5.29. The fourth-order valence-corrected chi connectivity index (χ4v) is 1.25. The quantitative estimate of drug-likeness (QED) is 0.549. The molecule has 0 radical (unpaired) electrons. The summed E-state index contributed by atoms with van der Waals surface area (Å²) < 4.78 is 35.5. The van der Waals surface area contributed by atoms with Crippen LogP contribution in [-0.4, -0.2) is 36.2 Å². The zero-order valence-corrected chi connectivity index (χ0v) is 9.63. The topological polar surface area (TPSA) is 29.3 Å². The van der Waals surface area contributed by atoms with Gasteiger partial charge in [-0.2, -0.15) is 13.2 Å². The van der Waals surface area contributed by atoms with Crippen molar-refractivity contribution in [3.63, 3.8) is 0 Å². The molecule has 0 fully saturated rings. The van der Waals surface area contributed by atoms with Gasteiger partial charge in [-0.05, 0) is 32.9 Å². The molecule has 0 spiro atoms. The standard InChI is InChI=1S/C9H17F3N2S/c1-14(7-5-9(10,11)12)6-3-2-4-8(13)15/h2-7H2,1H3,(H2,13,15). The van der Waals surface area contributed by atoms with Gasteiger partial charge in [0, 0.05) is 6.54 Å². The minimum absolute atomic E-state index is 0.0522. The molecule has 0 aliphatic carbocycles. The summed E-state index contributed by atoms with van der Waals surface area (Å²) in [7, 11) is 1.69. The van der Waals surface area contributed by atoms with Crippen LogP contribution in [-0.2, 0) is 0 Å². The summed E-state index contributed by atoms with van der Waals surface area (Å²) in [6, 6.07) is 0. The number of halogens is 3. The van der Waals surface area contributed by atoms with E-state index in [9.17, 15) is 13.2 Å². The predicted molar refractivity (Wildman–Crippen MR) is 58.8 cm³/mol. The first kappa shape index (κ1) is 14.6. The Bertz CT molecular complexity index is 194. The first-order valence-corrected chi connectivity index (χ1v) is 5.25. The second-order valence-electron chi connectivity index (χ2n) is 3.59. The molecule has 15 heavy (non-hydrogen) atoms. The van der Waals surface area contributed by atoms with Crippen molar-refractivity contribution in [1.82, 2.24) is 4.90 Å². The Hall–Kier alpha value is -0.360. The van der Waals surface area contributed by atoms with Crippen molar-refractivity contribution in [3.05, 3.63) is 0 Å². The lowest BCUT2D eigenvalue weighted by molar-refractivity contribution is -0.137. The smallest absolute Gasteiger partial charge is 0.390 e. The van der Waals surface area contributed by atoms with Gasteiger partial charge in [0.25, 0.3) is 0 Å². The average Bonchev–Trinajstić information content (AvgIpc) is 2.07.